The Morgan fingerprint density at radius 3 is 1.86 bits per heavy atom. The van der Waals surface area contributed by atoms with Crippen LogP contribution in [0.4, 0.5) is 13.2 Å². The first-order chi connectivity index (χ1) is 17.4. The lowest BCUT2D eigenvalue weighted by Crippen LogP contribution is -2.29. The summed E-state index contributed by atoms with van der Waals surface area (Å²) in [7, 11) is 0. The van der Waals surface area contributed by atoms with E-state index in [1.54, 1.807) is 0 Å². The summed E-state index contributed by atoms with van der Waals surface area (Å²) in [6.07, 6.45) is 16.8. The zero-order valence-corrected chi connectivity index (χ0v) is 22.6. The number of fused-ring (bicyclic) bond motifs is 1. The zero-order chi connectivity index (χ0) is 25.2. The lowest BCUT2D eigenvalue weighted by Gasteiger charge is -2.41. The van der Waals surface area contributed by atoms with Crippen LogP contribution in [0, 0.1) is 35.4 Å². The molecule has 3 saturated carbocycles. The smallest absolute Gasteiger partial charge is 0.267 e. The summed E-state index contributed by atoms with van der Waals surface area (Å²) in [5, 5.41) is 0. The topological polar surface area (TPSA) is 9.23 Å². The molecule has 1 aromatic carbocycles. The minimum absolute atomic E-state index is 0.0547. The van der Waals surface area contributed by atoms with Gasteiger partial charge in [0.25, 0.3) is 6.43 Å². The Morgan fingerprint density at radius 2 is 1.33 bits per heavy atom. The third-order valence-electron chi connectivity index (χ3n) is 10.7. The van der Waals surface area contributed by atoms with Gasteiger partial charge in [-0.05, 0) is 131 Å². The van der Waals surface area contributed by atoms with E-state index in [-0.39, 0.29) is 23.3 Å². The molecule has 0 saturated heterocycles. The van der Waals surface area contributed by atoms with Gasteiger partial charge < -0.3 is 4.74 Å². The lowest BCUT2D eigenvalue weighted by atomic mass is 9.64. The molecule has 3 fully saturated rings. The number of alkyl halides is 2. The molecule has 1 atom stereocenters. The van der Waals surface area contributed by atoms with Crippen LogP contribution in [-0.4, -0.2) is 6.10 Å². The van der Waals surface area contributed by atoms with Crippen LogP contribution >= 0.6 is 0 Å². The van der Waals surface area contributed by atoms with Crippen molar-refractivity contribution >= 4 is 0 Å². The molecule has 1 nitrogen and oxygen atoms in total. The van der Waals surface area contributed by atoms with Crippen molar-refractivity contribution < 1.29 is 17.9 Å². The highest BCUT2D eigenvalue weighted by molar-refractivity contribution is 5.47. The Morgan fingerprint density at radius 1 is 0.806 bits per heavy atom. The summed E-state index contributed by atoms with van der Waals surface area (Å²) in [5.74, 6) is 3.77. The number of hydrogen-bond donors (Lipinski definition) is 0. The lowest BCUT2D eigenvalue weighted by molar-refractivity contribution is 0.108. The Bertz CT molecular complexity index is 859. The van der Waals surface area contributed by atoms with Gasteiger partial charge in [0.1, 0.15) is 0 Å². The molecular weight excluding hydrogens is 457 g/mol. The number of rotatable bonds is 6. The Balaban J connectivity index is 1.16. The maximum Gasteiger partial charge on any atom is 0.267 e. The fourth-order valence-electron chi connectivity index (χ4n) is 8.56. The predicted octanol–water partition coefficient (Wildman–Crippen LogP) is 10.2. The monoisotopic (exact) mass is 504 g/mol. The fraction of sp³-hybridized carbons (Fsp3) is 0.812. The number of aryl methyl sites for hydroxylation is 1. The third kappa shape index (κ3) is 5.63. The summed E-state index contributed by atoms with van der Waals surface area (Å²) in [4.78, 5) is 0. The molecule has 202 valence electrons. The van der Waals surface area contributed by atoms with Crippen LogP contribution in [0.25, 0.3) is 0 Å². The summed E-state index contributed by atoms with van der Waals surface area (Å²) >= 11 is 0. The Labute approximate surface area is 217 Å². The highest BCUT2D eigenvalue weighted by Crippen LogP contribution is 2.49. The highest BCUT2D eigenvalue weighted by Gasteiger charge is 2.37. The molecular formula is C32H47F3O. The molecule has 0 radical (unpaired) electrons. The van der Waals surface area contributed by atoms with Gasteiger partial charge in [-0.15, -0.1) is 0 Å². The summed E-state index contributed by atoms with van der Waals surface area (Å²) in [6.45, 7) is 4.20. The first kappa shape index (κ1) is 26.4. The second-order valence-electron chi connectivity index (χ2n) is 12.8. The van der Waals surface area contributed by atoms with Crippen molar-refractivity contribution in [3.05, 3.63) is 28.6 Å². The Kier molecular flexibility index (Phi) is 8.58. The number of hydrogen-bond acceptors (Lipinski definition) is 1. The van der Waals surface area contributed by atoms with Crippen LogP contribution in [0.2, 0.25) is 0 Å². The molecule has 36 heavy (non-hydrogen) atoms. The van der Waals surface area contributed by atoms with Crippen molar-refractivity contribution in [1.29, 1.82) is 0 Å². The maximum atomic E-state index is 15.2. The molecule has 0 N–H and O–H groups in total. The summed E-state index contributed by atoms with van der Waals surface area (Å²) in [6, 6.07) is 1.87. The number of ether oxygens (including phenoxy) is 1. The van der Waals surface area contributed by atoms with Gasteiger partial charge >= 0.3 is 0 Å². The van der Waals surface area contributed by atoms with E-state index in [0.29, 0.717) is 12.0 Å². The number of benzene rings is 1. The van der Waals surface area contributed by atoms with Gasteiger partial charge in [0.15, 0.2) is 11.6 Å². The van der Waals surface area contributed by atoms with Crippen molar-refractivity contribution in [2.24, 2.45) is 29.6 Å². The van der Waals surface area contributed by atoms with Crippen LogP contribution in [0.15, 0.2) is 6.07 Å². The van der Waals surface area contributed by atoms with E-state index in [4.69, 9.17) is 4.74 Å². The second kappa shape index (κ2) is 11.7. The quantitative estimate of drug-likeness (QED) is 0.374. The van der Waals surface area contributed by atoms with E-state index >= 15 is 4.39 Å². The van der Waals surface area contributed by atoms with Gasteiger partial charge in [0.05, 0.1) is 11.7 Å². The average molecular weight is 505 g/mol. The number of halogens is 3. The van der Waals surface area contributed by atoms with E-state index in [2.05, 4.69) is 6.92 Å². The van der Waals surface area contributed by atoms with Crippen LogP contribution in [0.1, 0.15) is 139 Å². The normalized spacial score (nSPS) is 35.3. The van der Waals surface area contributed by atoms with Crippen LogP contribution in [0.5, 0.6) is 5.75 Å². The highest BCUT2D eigenvalue weighted by atomic mass is 19.3. The molecule has 4 aliphatic rings. The molecule has 1 aromatic rings. The van der Waals surface area contributed by atoms with Gasteiger partial charge in [-0.2, -0.15) is 0 Å². The Hall–Kier alpha value is -1.19. The molecule has 1 unspecified atom stereocenters. The van der Waals surface area contributed by atoms with E-state index < -0.39 is 12.2 Å². The van der Waals surface area contributed by atoms with Crippen LogP contribution < -0.4 is 4.74 Å². The van der Waals surface area contributed by atoms with Crippen molar-refractivity contribution in [3.8, 4) is 5.75 Å². The molecule has 0 spiro atoms. The molecule has 0 bridgehead atoms. The van der Waals surface area contributed by atoms with E-state index in [9.17, 15) is 8.78 Å². The summed E-state index contributed by atoms with van der Waals surface area (Å²) in [5.41, 5.74) is 0.967. The van der Waals surface area contributed by atoms with Crippen LogP contribution in [-0.2, 0) is 6.42 Å². The van der Waals surface area contributed by atoms with Crippen LogP contribution in [0.3, 0.4) is 0 Å². The second-order valence-corrected chi connectivity index (χ2v) is 12.8. The molecule has 3 aliphatic carbocycles. The minimum Gasteiger partial charge on any atom is -0.487 e. The minimum atomic E-state index is -2.80. The first-order valence-electron chi connectivity index (χ1n) is 15.2. The molecule has 5 rings (SSSR count). The zero-order valence-electron chi connectivity index (χ0n) is 22.6. The van der Waals surface area contributed by atoms with Crippen molar-refractivity contribution in [1.82, 2.24) is 0 Å². The SMILES string of the molecule is CCCC1CCC(C2CCC(C3CCC(c4cc5c(c(F)c4C(F)F)OC(C)CC5)CC3)CC2)CC1. The molecule has 4 heteroatoms. The molecule has 0 aromatic heterocycles. The average Bonchev–Trinajstić information content (AvgIpc) is 2.89. The standard InChI is InChI=1S/C32H47F3O/c1-3-4-21-6-9-22(10-7-21)23-11-13-24(14-12-23)25-15-17-26(18-16-25)28-19-27-8-5-20(2)36-31(27)30(33)29(28)32(34)35/h19-26,32H,3-18H2,1-2H3. The van der Waals surface area contributed by atoms with Gasteiger partial charge in [-0.3, -0.25) is 0 Å². The summed E-state index contributed by atoms with van der Waals surface area (Å²) < 4.78 is 48.9. The van der Waals surface area contributed by atoms with Gasteiger partial charge in [0.2, 0.25) is 0 Å². The van der Waals surface area contributed by atoms with Crippen molar-refractivity contribution in [2.75, 3.05) is 0 Å². The fourth-order valence-corrected chi connectivity index (χ4v) is 8.56. The molecule has 1 heterocycles. The van der Waals surface area contributed by atoms with Gasteiger partial charge in [-0.1, -0.05) is 38.7 Å². The van der Waals surface area contributed by atoms with Gasteiger partial charge in [-0.25, -0.2) is 13.2 Å². The first-order valence-corrected chi connectivity index (χ1v) is 15.2. The third-order valence-corrected chi connectivity index (χ3v) is 10.7. The molecule has 0 amide bonds. The van der Waals surface area contributed by atoms with E-state index in [1.807, 2.05) is 13.0 Å². The van der Waals surface area contributed by atoms with Crippen molar-refractivity contribution in [2.45, 2.75) is 135 Å². The van der Waals surface area contributed by atoms with Crippen molar-refractivity contribution in [3.63, 3.8) is 0 Å². The van der Waals surface area contributed by atoms with E-state index in [1.165, 1.54) is 64.2 Å². The van der Waals surface area contributed by atoms with E-state index in [0.717, 1.165) is 67.3 Å². The maximum absolute atomic E-state index is 15.2. The largest absolute Gasteiger partial charge is 0.487 e. The molecule has 1 aliphatic heterocycles. The van der Waals surface area contributed by atoms with Gasteiger partial charge in [0, 0.05) is 0 Å². The predicted molar refractivity (Wildman–Crippen MR) is 140 cm³/mol.